The molecule has 1 aliphatic rings. The Labute approximate surface area is 123 Å². The topological polar surface area (TPSA) is 62.2 Å². The highest BCUT2D eigenvalue weighted by Crippen LogP contribution is 2.31. The first kappa shape index (κ1) is 13.5. The molecule has 1 heterocycles. The molecule has 1 aliphatic carbocycles. The zero-order valence-electron chi connectivity index (χ0n) is 11.4. The predicted octanol–water partition coefficient (Wildman–Crippen LogP) is 1.87. The molecule has 0 saturated carbocycles. The molecule has 0 spiro atoms. The molecular formula is C17H16N2O2. The van der Waals surface area contributed by atoms with Crippen LogP contribution in [0.2, 0.25) is 0 Å². The molecule has 3 rings (SSSR count). The summed E-state index contributed by atoms with van der Waals surface area (Å²) in [5.74, 6) is -0.215. The Morgan fingerprint density at radius 3 is 2.81 bits per heavy atom. The highest BCUT2D eigenvalue weighted by Gasteiger charge is 2.31. The Balaban J connectivity index is 1.69. The van der Waals surface area contributed by atoms with E-state index < -0.39 is 6.10 Å². The first-order valence-electron chi connectivity index (χ1n) is 6.88. The number of amides is 1. The van der Waals surface area contributed by atoms with Gasteiger partial charge in [0.1, 0.15) is 0 Å². The molecule has 1 aromatic heterocycles. The fraction of sp³-hybridized carbons (Fsp3) is 0.176. The van der Waals surface area contributed by atoms with Gasteiger partial charge >= 0.3 is 0 Å². The summed E-state index contributed by atoms with van der Waals surface area (Å²) < 4.78 is 0. The third-order valence-corrected chi connectivity index (χ3v) is 3.64. The zero-order valence-corrected chi connectivity index (χ0v) is 11.4. The Bertz CT molecular complexity index is 668. The quantitative estimate of drug-likeness (QED) is 0.844. The van der Waals surface area contributed by atoms with Gasteiger partial charge in [-0.05, 0) is 34.9 Å². The van der Waals surface area contributed by atoms with Crippen LogP contribution in [0.4, 0.5) is 0 Å². The number of fused-ring (bicyclic) bond motifs is 1. The highest BCUT2D eigenvalue weighted by atomic mass is 16.3. The number of carbonyl (C=O) groups is 1. The van der Waals surface area contributed by atoms with Crippen molar-refractivity contribution in [3.05, 3.63) is 71.6 Å². The minimum Gasteiger partial charge on any atom is -0.390 e. The molecule has 4 nitrogen and oxygen atoms in total. The standard InChI is InChI=1S/C17H16N2O2/c20-15-11-13-3-1-2-4-14(13)17(15)19-16(21)6-5-12-7-9-18-10-8-12/h1-10,15,17,20H,11H2,(H,19,21)/b6-5+/t15-,17+/m1/s1. The van der Waals surface area contributed by atoms with Gasteiger partial charge in [0.25, 0.3) is 0 Å². The first-order valence-corrected chi connectivity index (χ1v) is 6.88. The second-order valence-electron chi connectivity index (χ2n) is 5.07. The Morgan fingerprint density at radius 2 is 2.00 bits per heavy atom. The van der Waals surface area contributed by atoms with Gasteiger partial charge in [-0.25, -0.2) is 0 Å². The Hall–Kier alpha value is -2.46. The molecule has 0 unspecified atom stereocenters. The van der Waals surface area contributed by atoms with Gasteiger partial charge in [0.2, 0.25) is 5.91 Å². The monoisotopic (exact) mass is 280 g/mol. The van der Waals surface area contributed by atoms with Gasteiger partial charge < -0.3 is 10.4 Å². The molecule has 0 saturated heterocycles. The second-order valence-corrected chi connectivity index (χ2v) is 5.07. The van der Waals surface area contributed by atoms with E-state index in [1.54, 1.807) is 18.5 Å². The van der Waals surface area contributed by atoms with Gasteiger partial charge in [-0.1, -0.05) is 24.3 Å². The van der Waals surface area contributed by atoms with Crippen molar-refractivity contribution in [2.75, 3.05) is 0 Å². The largest absolute Gasteiger partial charge is 0.390 e. The fourth-order valence-corrected chi connectivity index (χ4v) is 2.60. The van der Waals surface area contributed by atoms with Crippen molar-refractivity contribution in [3.63, 3.8) is 0 Å². The van der Waals surface area contributed by atoms with Crippen LogP contribution < -0.4 is 5.32 Å². The fourth-order valence-electron chi connectivity index (χ4n) is 2.60. The average Bonchev–Trinajstić information content (AvgIpc) is 2.82. The van der Waals surface area contributed by atoms with E-state index in [-0.39, 0.29) is 11.9 Å². The zero-order chi connectivity index (χ0) is 14.7. The summed E-state index contributed by atoms with van der Waals surface area (Å²) in [7, 11) is 0. The number of hydrogen-bond acceptors (Lipinski definition) is 3. The van der Waals surface area contributed by atoms with Crippen LogP contribution in [0.15, 0.2) is 54.9 Å². The minimum absolute atomic E-state index is 0.215. The smallest absolute Gasteiger partial charge is 0.244 e. The Kier molecular flexibility index (Phi) is 3.79. The summed E-state index contributed by atoms with van der Waals surface area (Å²) in [4.78, 5) is 15.9. The molecule has 0 fully saturated rings. The van der Waals surface area contributed by atoms with Gasteiger partial charge in [0.15, 0.2) is 0 Å². The van der Waals surface area contributed by atoms with Crippen LogP contribution in [0.5, 0.6) is 0 Å². The third-order valence-electron chi connectivity index (χ3n) is 3.64. The molecule has 106 valence electrons. The number of aliphatic hydroxyl groups is 1. The van der Waals surface area contributed by atoms with Crippen LogP contribution in [-0.4, -0.2) is 22.1 Å². The van der Waals surface area contributed by atoms with E-state index in [0.29, 0.717) is 6.42 Å². The van der Waals surface area contributed by atoms with Crippen LogP contribution >= 0.6 is 0 Å². The van der Waals surface area contributed by atoms with Gasteiger partial charge in [-0.15, -0.1) is 0 Å². The van der Waals surface area contributed by atoms with Crippen molar-refractivity contribution in [3.8, 4) is 0 Å². The van der Waals surface area contributed by atoms with Crippen LogP contribution in [-0.2, 0) is 11.2 Å². The maximum atomic E-state index is 12.0. The van der Waals surface area contributed by atoms with E-state index in [1.807, 2.05) is 36.4 Å². The maximum Gasteiger partial charge on any atom is 0.244 e. The minimum atomic E-state index is -0.569. The lowest BCUT2D eigenvalue weighted by Crippen LogP contribution is -2.32. The van der Waals surface area contributed by atoms with Gasteiger partial charge in [-0.3, -0.25) is 9.78 Å². The summed E-state index contributed by atoms with van der Waals surface area (Å²) in [6, 6.07) is 11.1. The number of rotatable bonds is 3. The summed E-state index contributed by atoms with van der Waals surface area (Å²) in [5.41, 5.74) is 3.00. The number of nitrogens with zero attached hydrogens (tertiary/aromatic N) is 1. The van der Waals surface area contributed by atoms with Gasteiger partial charge in [-0.2, -0.15) is 0 Å². The van der Waals surface area contributed by atoms with E-state index in [9.17, 15) is 9.90 Å². The van der Waals surface area contributed by atoms with Crippen molar-refractivity contribution in [2.24, 2.45) is 0 Å². The summed E-state index contributed by atoms with van der Waals surface area (Å²) >= 11 is 0. The van der Waals surface area contributed by atoms with Crippen molar-refractivity contribution < 1.29 is 9.90 Å². The van der Waals surface area contributed by atoms with E-state index in [0.717, 1.165) is 16.7 Å². The lowest BCUT2D eigenvalue weighted by atomic mass is 10.1. The number of benzene rings is 1. The molecular weight excluding hydrogens is 264 g/mol. The number of nitrogens with one attached hydrogen (secondary N) is 1. The van der Waals surface area contributed by atoms with Crippen molar-refractivity contribution in [1.29, 1.82) is 0 Å². The van der Waals surface area contributed by atoms with Crippen LogP contribution in [0, 0.1) is 0 Å². The second kappa shape index (κ2) is 5.89. The summed E-state index contributed by atoms with van der Waals surface area (Å²) in [5, 5.41) is 13.0. The van der Waals surface area contributed by atoms with Crippen molar-refractivity contribution in [2.45, 2.75) is 18.6 Å². The van der Waals surface area contributed by atoms with Gasteiger partial charge in [0.05, 0.1) is 12.1 Å². The third kappa shape index (κ3) is 3.01. The van der Waals surface area contributed by atoms with Crippen LogP contribution in [0.1, 0.15) is 22.7 Å². The average molecular weight is 280 g/mol. The molecule has 2 atom stereocenters. The number of hydrogen-bond donors (Lipinski definition) is 2. The van der Waals surface area contributed by atoms with Crippen molar-refractivity contribution in [1.82, 2.24) is 10.3 Å². The molecule has 2 aromatic rings. The molecule has 1 aromatic carbocycles. The first-order chi connectivity index (χ1) is 10.2. The summed E-state index contributed by atoms with van der Waals surface area (Å²) in [6.07, 6.45) is 6.56. The van der Waals surface area contributed by atoms with E-state index >= 15 is 0 Å². The summed E-state index contributed by atoms with van der Waals surface area (Å²) in [6.45, 7) is 0. The molecule has 0 radical (unpaired) electrons. The molecule has 1 amide bonds. The number of carbonyl (C=O) groups excluding carboxylic acids is 1. The highest BCUT2D eigenvalue weighted by molar-refractivity contribution is 5.92. The molecule has 21 heavy (non-hydrogen) atoms. The molecule has 0 bridgehead atoms. The number of aliphatic hydroxyl groups excluding tert-OH is 1. The molecule has 4 heteroatoms. The molecule has 2 N–H and O–H groups in total. The van der Waals surface area contributed by atoms with E-state index in [4.69, 9.17) is 0 Å². The SMILES string of the molecule is O=C(/C=C/c1ccncc1)N[C@H]1c2ccccc2C[C@H]1O. The normalized spacial score (nSPS) is 20.4. The number of aromatic nitrogens is 1. The van der Waals surface area contributed by atoms with Crippen LogP contribution in [0.25, 0.3) is 6.08 Å². The predicted molar refractivity (Wildman–Crippen MR) is 80.3 cm³/mol. The van der Waals surface area contributed by atoms with Crippen LogP contribution in [0.3, 0.4) is 0 Å². The Morgan fingerprint density at radius 1 is 1.24 bits per heavy atom. The maximum absolute atomic E-state index is 12.0. The lowest BCUT2D eigenvalue weighted by molar-refractivity contribution is -0.117. The lowest BCUT2D eigenvalue weighted by Gasteiger charge is -2.16. The van der Waals surface area contributed by atoms with E-state index in [2.05, 4.69) is 10.3 Å². The van der Waals surface area contributed by atoms with Gasteiger partial charge in [0, 0.05) is 24.9 Å². The van der Waals surface area contributed by atoms with E-state index in [1.165, 1.54) is 6.08 Å². The molecule has 0 aliphatic heterocycles. The number of pyridine rings is 1. The van der Waals surface area contributed by atoms with Crippen molar-refractivity contribution >= 4 is 12.0 Å².